The molecule has 128 valence electrons. The third-order valence-corrected chi connectivity index (χ3v) is 5.46. The van der Waals surface area contributed by atoms with Crippen LogP contribution in [0.15, 0.2) is 18.5 Å². The molecule has 2 aromatic rings. The van der Waals surface area contributed by atoms with Crippen LogP contribution >= 0.6 is 0 Å². The van der Waals surface area contributed by atoms with Crippen LogP contribution in [0.2, 0.25) is 0 Å². The molecule has 6 heteroatoms. The van der Waals surface area contributed by atoms with Gasteiger partial charge in [-0.3, -0.25) is 14.2 Å². The first kappa shape index (κ1) is 15.4. The monoisotopic (exact) mass is 327 g/mol. The molecular weight excluding hydrogens is 302 g/mol. The standard InChI is InChI=1S/C18H25N5O/c1-21-17-9-4-8-15(17)16(20-21)12-23(14-6-2-3-7-14)18(24)13-22-11-5-10-19-22/h5,10-11,14H,2-4,6-9,12-13H2,1H3. The van der Waals surface area contributed by atoms with Gasteiger partial charge in [0.1, 0.15) is 6.54 Å². The lowest BCUT2D eigenvalue weighted by atomic mass is 10.1. The molecule has 1 fully saturated rings. The number of carbonyl (C=O) groups is 1. The summed E-state index contributed by atoms with van der Waals surface area (Å²) in [4.78, 5) is 15.0. The van der Waals surface area contributed by atoms with Crippen LogP contribution in [0.3, 0.4) is 0 Å². The van der Waals surface area contributed by atoms with E-state index in [-0.39, 0.29) is 5.91 Å². The van der Waals surface area contributed by atoms with E-state index in [1.165, 1.54) is 30.5 Å². The fourth-order valence-corrected chi connectivity index (χ4v) is 4.25. The minimum Gasteiger partial charge on any atom is -0.332 e. The highest BCUT2D eigenvalue weighted by molar-refractivity contribution is 5.76. The molecule has 6 nitrogen and oxygen atoms in total. The van der Waals surface area contributed by atoms with Gasteiger partial charge in [0.2, 0.25) is 5.91 Å². The Hall–Kier alpha value is -2.11. The molecule has 2 aliphatic carbocycles. The van der Waals surface area contributed by atoms with Crippen molar-refractivity contribution in [1.29, 1.82) is 0 Å². The van der Waals surface area contributed by atoms with Crippen LogP contribution in [-0.2, 0) is 37.8 Å². The van der Waals surface area contributed by atoms with Crippen LogP contribution in [0.5, 0.6) is 0 Å². The maximum Gasteiger partial charge on any atom is 0.244 e. The van der Waals surface area contributed by atoms with Gasteiger partial charge in [-0.1, -0.05) is 12.8 Å². The fraction of sp³-hybridized carbons (Fsp3) is 0.611. The first-order valence-electron chi connectivity index (χ1n) is 9.03. The summed E-state index contributed by atoms with van der Waals surface area (Å²) < 4.78 is 3.73. The number of aromatic nitrogens is 4. The average Bonchev–Trinajstić information content (AvgIpc) is 3.34. The van der Waals surface area contributed by atoms with Crippen LogP contribution < -0.4 is 0 Å². The van der Waals surface area contributed by atoms with E-state index in [1.54, 1.807) is 10.9 Å². The number of rotatable bonds is 5. The Balaban J connectivity index is 1.56. The number of aryl methyl sites for hydroxylation is 1. The summed E-state index contributed by atoms with van der Waals surface area (Å²) in [5, 5.41) is 8.91. The van der Waals surface area contributed by atoms with Gasteiger partial charge < -0.3 is 4.90 Å². The van der Waals surface area contributed by atoms with E-state index in [1.807, 2.05) is 24.0 Å². The lowest BCUT2D eigenvalue weighted by Gasteiger charge is -2.28. The quantitative estimate of drug-likeness (QED) is 0.845. The molecule has 4 rings (SSSR count). The van der Waals surface area contributed by atoms with Gasteiger partial charge in [0.25, 0.3) is 0 Å². The zero-order valence-corrected chi connectivity index (χ0v) is 14.3. The van der Waals surface area contributed by atoms with Crippen molar-refractivity contribution in [2.45, 2.75) is 64.1 Å². The Kier molecular flexibility index (Phi) is 4.12. The Labute approximate surface area is 142 Å². The normalized spacial score (nSPS) is 17.4. The molecule has 24 heavy (non-hydrogen) atoms. The number of carbonyl (C=O) groups excluding carboxylic acids is 1. The Morgan fingerprint density at radius 2 is 2.12 bits per heavy atom. The molecular formula is C18H25N5O. The van der Waals surface area contributed by atoms with Crippen LogP contribution in [0.1, 0.15) is 49.1 Å². The van der Waals surface area contributed by atoms with Crippen molar-refractivity contribution in [2.24, 2.45) is 7.05 Å². The smallest absolute Gasteiger partial charge is 0.244 e. The number of hydrogen-bond donors (Lipinski definition) is 0. The zero-order chi connectivity index (χ0) is 16.5. The second-order valence-electron chi connectivity index (χ2n) is 7.01. The first-order chi connectivity index (χ1) is 11.7. The van der Waals surface area contributed by atoms with Gasteiger partial charge in [0.15, 0.2) is 0 Å². The minimum absolute atomic E-state index is 0.156. The molecule has 0 atom stereocenters. The summed E-state index contributed by atoms with van der Waals surface area (Å²) in [5.74, 6) is 0.156. The van der Waals surface area contributed by atoms with Gasteiger partial charge in [-0.15, -0.1) is 0 Å². The van der Waals surface area contributed by atoms with Crippen molar-refractivity contribution in [1.82, 2.24) is 24.5 Å². The average molecular weight is 327 g/mol. The maximum atomic E-state index is 12.9. The Bertz CT molecular complexity index is 712. The summed E-state index contributed by atoms with van der Waals surface area (Å²) >= 11 is 0. The van der Waals surface area contributed by atoms with Gasteiger partial charge >= 0.3 is 0 Å². The van der Waals surface area contributed by atoms with Crippen LogP contribution in [0.4, 0.5) is 0 Å². The Morgan fingerprint density at radius 3 is 2.88 bits per heavy atom. The highest BCUT2D eigenvalue weighted by Crippen LogP contribution is 2.29. The highest BCUT2D eigenvalue weighted by Gasteiger charge is 2.30. The molecule has 0 radical (unpaired) electrons. The zero-order valence-electron chi connectivity index (χ0n) is 14.3. The van der Waals surface area contributed by atoms with E-state index in [4.69, 9.17) is 5.10 Å². The van der Waals surface area contributed by atoms with E-state index in [2.05, 4.69) is 10.00 Å². The van der Waals surface area contributed by atoms with Crippen molar-refractivity contribution < 1.29 is 4.79 Å². The minimum atomic E-state index is 0.156. The molecule has 0 N–H and O–H groups in total. The molecule has 2 heterocycles. The second-order valence-corrected chi connectivity index (χ2v) is 7.01. The van der Waals surface area contributed by atoms with Crippen LogP contribution in [0, 0.1) is 0 Å². The molecule has 0 unspecified atom stereocenters. The number of nitrogens with zero attached hydrogens (tertiary/aromatic N) is 5. The number of amides is 1. The molecule has 0 spiro atoms. The molecule has 0 aliphatic heterocycles. The predicted octanol–water partition coefficient (Wildman–Crippen LogP) is 2.08. The van der Waals surface area contributed by atoms with Crippen molar-refractivity contribution >= 4 is 5.91 Å². The van der Waals surface area contributed by atoms with Crippen LogP contribution in [0.25, 0.3) is 0 Å². The topological polar surface area (TPSA) is 56.0 Å². The molecule has 1 saturated carbocycles. The Morgan fingerprint density at radius 1 is 1.29 bits per heavy atom. The van der Waals surface area contributed by atoms with Crippen molar-refractivity contribution in [3.05, 3.63) is 35.4 Å². The van der Waals surface area contributed by atoms with E-state index < -0.39 is 0 Å². The maximum absolute atomic E-state index is 12.9. The largest absolute Gasteiger partial charge is 0.332 e. The third kappa shape index (κ3) is 2.85. The van der Waals surface area contributed by atoms with Crippen molar-refractivity contribution in [2.75, 3.05) is 0 Å². The van der Waals surface area contributed by atoms with Gasteiger partial charge in [0, 0.05) is 31.2 Å². The number of hydrogen-bond acceptors (Lipinski definition) is 3. The van der Waals surface area contributed by atoms with Gasteiger partial charge in [0.05, 0.1) is 12.2 Å². The molecule has 0 bridgehead atoms. The highest BCUT2D eigenvalue weighted by atomic mass is 16.2. The molecule has 0 aromatic carbocycles. The first-order valence-corrected chi connectivity index (χ1v) is 9.03. The molecule has 0 saturated heterocycles. The van der Waals surface area contributed by atoms with Crippen molar-refractivity contribution in [3.63, 3.8) is 0 Å². The third-order valence-electron chi connectivity index (χ3n) is 5.46. The fourth-order valence-electron chi connectivity index (χ4n) is 4.25. The predicted molar refractivity (Wildman–Crippen MR) is 90.3 cm³/mol. The van der Waals surface area contributed by atoms with Gasteiger partial charge in [-0.2, -0.15) is 10.2 Å². The summed E-state index contributed by atoms with van der Waals surface area (Å²) in [5.41, 5.74) is 3.84. The van der Waals surface area contributed by atoms with E-state index in [9.17, 15) is 4.79 Å². The summed E-state index contributed by atoms with van der Waals surface area (Å²) in [7, 11) is 2.03. The van der Waals surface area contributed by atoms with Crippen LogP contribution in [-0.4, -0.2) is 36.4 Å². The van der Waals surface area contributed by atoms with E-state index in [0.29, 0.717) is 19.1 Å². The lowest BCUT2D eigenvalue weighted by Crippen LogP contribution is -2.40. The second kappa shape index (κ2) is 6.42. The van der Waals surface area contributed by atoms with Crippen molar-refractivity contribution in [3.8, 4) is 0 Å². The van der Waals surface area contributed by atoms with E-state index in [0.717, 1.165) is 31.4 Å². The van der Waals surface area contributed by atoms with E-state index >= 15 is 0 Å². The summed E-state index contributed by atoms with van der Waals surface area (Å²) in [6.45, 7) is 0.965. The van der Waals surface area contributed by atoms with Gasteiger partial charge in [-0.05, 0) is 43.7 Å². The number of fused-ring (bicyclic) bond motifs is 1. The SMILES string of the molecule is Cn1nc(CN(C(=O)Cn2cccn2)C2CCCC2)c2c1CCC2. The molecule has 1 amide bonds. The summed E-state index contributed by atoms with van der Waals surface area (Å²) in [6, 6.07) is 2.21. The molecule has 2 aliphatic rings. The lowest BCUT2D eigenvalue weighted by molar-refractivity contribution is -0.135. The summed E-state index contributed by atoms with van der Waals surface area (Å²) in [6.07, 6.45) is 11.7. The van der Waals surface area contributed by atoms with Gasteiger partial charge in [-0.25, -0.2) is 0 Å². The molecule has 2 aromatic heterocycles.